The second-order valence-electron chi connectivity index (χ2n) is 5.10. The SMILES string of the molecule is CCc1nncn1CCNC(=NC)NCc1cc(Br)ccc1OC.I. The molecule has 0 unspecified atom stereocenters. The van der Waals surface area contributed by atoms with E-state index < -0.39 is 0 Å². The van der Waals surface area contributed by atoms with Crippen molar-refractivity contribution in [2.45, 2.75) is 26.4 Å². The third-order valence-corrected chi connectivity index (χ3v) is 4.06. The third-order valence-electron chi connectivity index (χ3n) is 3.57. The zero-order valence-electron chi connectivity index (χ0n) is 14.6. The van der Waals surface area contributed by atoms with Crippen LogP contribution in [0.4, 0.5) is 0 Å². The second-order valence-corrected chi connectivity index (χ2v) is 6.02. The summed E-state index contributed by atoms with van der Waals surface area (Å²) in [6.07, 6.45) is 2.62. The number of hydrogen-bond donors (Lipinski definition) is 2. The molecule has 0 saturated heterocycles. The maximum absolute atomic E-state index is 5.38. The van der Waals surface area contributed by atoms with Gasteiger partial charge in [0.15, 0.2) is 5.96 Å². The lowest BCUT2D eigenvalue weighted by atomic mass is 10.2. The summed E-state index contributed by atoms with van der Waals surface area (Å²) < 4.78 is 8.44. The Bertz CT molecular complexity index is 691. The van der Waals surface area contributed by atoms with Crippen LogP contribution >= 0.6 is 39.9 Å². The summed E-state index contributed by atoms with van der Waals surface area (Å²) in [7, 11) is 3.42. The molecular formula is C16H24BrIN6O. The lowest BCUT2D eigenvalue weighted by Gasteiger charge is -2.14. The van der Waals surface area contributed by atoms with Gasteiger partial charge in [-0.25, -0.2) is 0 Å². The Labute approximate surface area is 173 Å². The van der Waals surface area contributed by atoms with Crippen LogP contribution in [0.2, 0.25) is 0 Å². The van der Waals surface area contributed by atoms with Gasteiger partial charge in [-0.15, -0.1) is 34.2 Å². The van der Waals surface area contributed by atoms with Gasteiger partial charge in [-0.1, -0.05) is 22.9 Å². The third kappa shape index (κ3) is 6.46. The Balaban J connectivity index is 0.00000312. The molecule has 0 saturated carbocycles. The molecule has 0 atom stereocenters. The lowest BCUT2D eigenvalue weighted by molar-refractivity contribution is 0.409. The summed E-state index contributed by atoms with van der Waals surface area (Å²) in [5.74, 6) is 2.57. The molecule has 1 heterocycles. The number of nitrogens with zero attached hydrogens (tertiary/aromatic N) is 4. The zero-order chi connectivity index (χ0) is 17.4. The van der Waals surface area contributed by atoms with Gasteiger partial charge in [0, 0.05) is 43.1 Å². The Morgan fingerprint density at radius 1 is 1.36 bits per heavy atom. The molecule has 0 amide bonds. The minimum atomic E-state index is 0. The van der Waals surface area contributed by atoms with Gasteiger partial charge in [0.2, 0.25) is 0 Å². The molecule has 0 aliphatic heterocycles. The number of aliphatic imine (C=N–C) groups is 1. The van der Waals surface area contributed by atoms with Gasteiger partial charge < -0.3 is 19.9 Å². The normalized spacial score (nSPS) is 11.0. The molecule has 0 aliphatic rings. The number of halogens is 2. The van der Waals surface area contributed by atoms with Crippen molar-refractivity contribution in [3.05, 3.63) is 40.4 Å². The molecule has 2 aromatic rings. The minimum Gasteiger partial charge on any atom is -0.496 e. The first-order valence-electron chi connectivity index (χ1n) is 7.81. The quantitative estimate of drug-likeness (QED) is 0.332. The lowest BCUT2D eigenvalue weighted by Crippen LogP contribution is -2.38. The maximum atomic E-state index is 5.38. The summed E-state index contributed by atoms with van der Waals surface area (Å²) >= 11 is 3.48. The summed E-state index contributed by atoms with van der Waals surface area (Å²) in [6, 6.07) is 5.93. The van der Waals surface area contributed by atoms with Crippen molar-refractivity contribution < 1.29 is 4.74 Å². The zero-order valence-corrected chi connectivity index (χ0v) is 18.5. The van der Waals surface area contributed by atoms with Gasteiger partial charge in [0.1, 0.15) is 17.9 Å². The summed E-state index contributed by atoms with van der Waals surface area (Å²) in [5, 5.41) is 14.6. The Kier molecular flexibility index (Phi) is 9.79. The Morgan fingerprint density at radius 3 is 2.84 bits per heavy atom. The molecule has 1 aromatic heterocycles. The summed E-state index contributed by atoms with van der Waals surface area (Å²) in [5.41, 5.74) is 1.06. The minimum absolute atomic E-state index is 0. The predicted octanol–water partition coefficient (Wildman–Crippen LogP) is 2.59. The van der Waals surface area contributed by atoms with Crippen molar-refractivity contribution in [1.29, 1.82) is 0 Å². The molecule has 1 aromatic carbocycles. The van der Waals surface area contributed by atoms with Crippen molar-refractivity contribution in [3.8, 4) is 5.75 Å². The first-order valence-corrected chi connectivity index (χ1v) is 8.60. The molecule has 0 bridgehead atoms. The molecule has 2 N–H and O–H groups in total. The van der Waals surface area contributed by atoms with E-state index in [0.29, 0.717) is 6.54 Å². The predicted molar refractivity (Wildman–Crippen MR) is 114 cm³/mol. The number of hydrogen-bond acceptors (Lipinski definition) is 4. The van der Waals surface area contributed by atoms with Gasteiger partial charge >= 0.3 is 0 Å². The number of benzene rings is 1. The van der Waals surface area contributed by atoms with Crippen LogP contribution in [-0.4, -0.2) is 41.4 Å². The van der Waals surface area contributed by atoms with E-state index in [2.05, 4.69) is 48.7 Å². The Hall–Kier alpha value is -1.36. The highest BCUT2D eigenvalue weighted by Gasteiger charge is 2.06. The summed E-state index contributed by atoms with van der Waals surface area (Å²) in [4.78, 5) is 4.24. The van der Waals surface area contributed by atoms with Crippen LogP contribution in [0.15, 0.2) is 34.0 Å². The molecule has 0 radical (unpaired) electrons. The van der Waals surface area contributed by atoms with E-state index in [1.54, 1.807) is 20.5 Å². The van der Waals surface area contributed by atoms with Crippen molar-refractivity contribution in [3.63, 3.8) is 0 Å². The van der Waals surface area contributed by atoms with Crippen LogP contribution in [0.25, 0.3) is 0 Å². The first-order chi connectivity index (χ1) is 11.7. The van der Waals surface area contributed by atoms with Crippen molar-refractivity contribution in [2.24, 2.45) is 4.99 Å². The van der Waals surface area contributed by atoms with Crippen LogP contribution in [0.5, 0.6) is 5.75 Å². The molecule has 138 valence electrons. The second kappa shape index (κ2) is 11.3. The summed E-state index contributed by atoms with van der Waals surface area (Å²) in [6.45, 7) is 4.21. The number of methoxy groups -OCH3 is 1. The highest BCUT2D eigenvalue weighted by Crippen LogP contribution is 2.22. The molecule has 0 fully saturated rings. The van der Waals surface area contributed by atoms with Crippen molar-refractivity contribution in [2.75, 3.05) is 20.7 Å². The van der Waals surface area contributed by atoms with E-state index in [-0.39, 0.29) is 24.0 Å². The van der Waals surface area contributed by atoms with E-state index in [0.717, 1.165) is 47.1 Å². The standard InChI is InChI=1S/C16H23BrN6O.HI/c1-4-15-22-21-11-23(15)8-7-19-16(18-2)20-10-12-9-13(17)5-6-14(12)24-3;/h5-6,9,11H,4,7-8,10H2,1-3H3,(H2,18,19,20);1H. The molecule has 0 spiro atoms. The van der Waals surface area contributed by atoms with E-state index in [4.69, 9.17) is 4.74 Å². The largest absolute Gasteiger partial charge is 0.496 e. The van der Waals surface area contributed by atoms with E-state index in [1.165, 1.54) is 0 Å². The maximum Gasteiger partial charge on any atom is 0.191 e. The Morgan fingerprint density at radius 2 is 2.16 bits per heavy atom. The monoisotopic (exact) mass is 522 g/mol. The number of aryl methyl sites for hydroxylation is 1. The number of nitrogens with one attached hydrogen (secondary N) is 2. The fourth-order valence-corrected chi connectivity index (χ4v) is 2.73. The number of ether oxygens (including phenoxy) is 1. The fourth-order valence-electron chi connectivity index (χ4n) is 2.32. The van der Waals surface area contributed by atoms with Crippen LogP contribution in [0.3, 0.4) is 0 Å². The van der Waals surface area contributed by atoms with Gasteiger partial charge in [-0.2, -0.15) is 0 Å². The van der Waals surface area contributed by atoms with Gasteiger partial charge in [0.05, 0.1) is 7.11 Å². The highest BCUT2D eigenvalue weighted by molar-refractivity contribution is 14.0. The molecule has 9 heteroatoms. The molecular weight excluding hydrogens is 499 g/mol. The number of rotatable bonds is 7. The van der Waals surface area contributed by atoms with Crippen LogP contribution < -0.4 is 15.4 Å². The molecule has 7 nitrogen and oxygen atoms in total. The molecule has 0 aliphatic carbocycles. The number of guanidine groups is 1. The fraction of sp³-hybridized carbons (Fsp3) is 0.438. The molecule has 2 rings (SSSR count). The van der Waals surface area contributed by atoms with Crippen LogP contribution in [0, 0.1) is 0 Å². The average Bonchev–Trinajstić information content (AvgIpc) is 3.05. The van der Waals surface area contributed by atoms with Gasteiger partial charge in [-0.05, 0) is 18.2 Å². The van der Waals surface area contributed by atoms with Crippen LogP contribution in [0.1, 0.15) is 18.3 Å². The van der Waals surface area contributed by atoms with E-state index in [9.17, 15) is 0 Å². The molecule has 25 heavy (non-hydrogen) atoms. The van der Waals surface area contributed by atoms with Crippen LogP contribution in [-0.2, 0) is 19.5 Å². The average molecular weight is 523 g/mol. The van der Waals surface area contributed by atoms with E-state index >= 15 is 0 Å². The van der Waals surface area contributed by atoms with Gasteiger partial charge in [-0.3, -0.25) is 4.99 Å². The van der Waals surface area contributed by atoms with Crippen molar-refractivity contribution >= 4 is 45.9 Å². The number of aromatic nitrogens is 3. The topological polar surface area (TPSA) is 76.4 Å². The highest BCUT2D eigenvalue weighted by atomic mass is 127. The van der Waals surface area contributed by atoms with E-state index in [1.807, 2.05) is 22.8 Å². The first kappa shape index (κ1) is 21.7. The van der Waals surface area contributed by atoms with Crippen molar-refractivity contribution in [1.82, 2.24) is 25.4 Å². The van der Waals surface area contributed by atoms with Gasteiger partial charge in [0.25, 0.3) is 0 Å². The smallest absolute Gasteiger partial charge is 0.191 e.